The molecule has 8 heteroatoms. The predicted octanol–water partition coefficient (Wildman–Crippen LogP) is 4.10. The monoisotopic (exact) mass is 394 g/mol. The summed E-state index contributed by atoms with van der Waals surface area (Å²) in [5, 5.41) is 14.1. The number of likely N-dealkylation sites (tertiary alicyclic amines) is 1. The van der Waals surface area contributed by atoms with Gasteiger partial charge < -0.3 is 10.2 Å². The largest absolute Gasteiger partial charge is 0.322 e. The molecule has 1 fully saturated rings. The summed E-state index contributed by atoms with van der Waals surface area (Å²) in [5.41, 5.74) is 4.27. The van der Waals surface area contributed by atoms with Crippen LogP contribution in [0, 0.1) is 26.6 Å². The Morgan fingerprint density at radius 3 is 2.62 bits per heavy atom. The first-order valence-electron chi connectivity index (χ1n) is 9.64. The lowest BCUT2D eigenvalue weighted by atomic mass is 9.94. The molecule has 1 aliphatic heterocycles. The number of rotatable bonds is 3. The SMILES string of the molecule is Cc1cccc(C)c1C1CCCN1C(=O)Nc1ccc(F)c(-n2nnnc2C)c1. The van der Waals surface area contributed by atoms with E-state index in [1.54, 1.807) is 19.1 Å². The highest BCUT2D eigenvalue weighted by molar-refractivity contribution is 5.90. The van der Waals surface area contributed by atoms with Crippen molar-refractivity contribution >= 4 is 11.7 Å². The summed E-state index contributed by atoms with van der Waals surface area (Å²) < 4.78 is 15.6. The first kappa shape index (κ1) is 19.0. The average molecular weight is 394 g/mol. The van der Waals surface area contributed by atoms with Crippen molar-refractivity contribution in [3.05, 3.63) is 64.7 Å². The summed E-state index contributed by atoms with van der Waals surface area (Å²) in [4.78, 5) is 14.9. The number of carbonyl (C=O) groups excluding carboxylic acids is 1. The van der Waals surface area contributed by atoms with Gasteiger partial charge >= 0.3 is 6.03 Å². The average Bonchev–Trinajstić information content (AvgIpc) is 3.32. The number of carbonyl (C=O) groups is 1. The van der Waals surface area contributed by atoms with E-state index in [9.17, 15) is 9.18 Å². The Bertz CT molecular complexity index is 1040. The van der Waals surface area contributed by atoms with Crippen LogP contribution >= 0.6 is 0 Å². The van der Waals surface area contributed by atoms with Gasteiger partial charge in [-0.05, 0) is 78.9 Å². The summed E-state index contributed by atoms with van der Waals surface area (Å²) in [6.07, 6.45) is 1.88. The van der Waals surface area contributed by atoms with Crippen molar-refractivity contribution in [1.82, 2.24) is 25.1 Å². The van der Waals surface area contributed by atoms with Crippen LogP contribution in [0.2, 0.25) is 0 Å². The number of halogens is 1. The fourth-order valence-electron chi connectivity index (χ4n) is 4.07. The maximum Gasteiger partial charge on any atom is 0.322 e. The molecule has 0 saturated carbocycles. The number of tetrazole rings is 1. The molecule has 7 nitrogen and oxygen atoms in total. The molecule has 29 heavy (non-hydrogen) atoms. The fraction of sp³-hybridized carbons (Fsp3) is 0.333. The number of hydrogen-bond acceptors (Lipinski definition) is 4. The highest BCUT2D eigenvalue weighted by Crippen LogP contribution is 2.36. The van der Waals surface area contributed by atoms with Gasteiger partial charge in [0.1, 0.15) is 11.5 Å². The Morgan fingerprint density at radius 2 is 1.93 bits per heavy atom. The van der Waals surface area contributed by atoms with Gasteiger partial charge in [0, 0.05) is 12.2 Å². The minimum Gasteiger partial charge on any atom is -0.317 e. The van der Waals surface area contributed by atoms with Crippen LogP contribution in [0.1, 0.15) is 41.4 Å². The molecule has 0 radical (unpaired) electrons. The van der Waals surface area contributed by atoms with E-state index >= 15 is 0 Å². The molecule has 1 aromatic heterocycles. The van der Waals surface area contributed by atoms with E-state index in [4.69, 9.17) is 0 Å². The van der Waals surface area contributed by atoms with Gasteiger partial charge in [0.25, 0.3) is 0 Å². The molecule has 3 aromatic rings. The van der Waals surface area contributed by atoms with Crippen molar-refractivity contribution in [2.75, 3.05) is 11.9 Å². The number of hydrogen-bond donors (Lipinski definition) is 1. The quantitative estimate of drug-likeness (QED) is 0.726. The molecular weight excluding hydrogens is 371 g/mol. The lowest BCUT2D eigenvalue weighted by molar-refractivity contribution is 0.207. The normalized spacial score (nSPS) is 16.3. The second-order valence-corrected chi connectivity index (χ2v) is 7.39. The zero-order valence-electron chi connectivity index (χ0n) is 16.7. The van der Waals surface area contributed by atoms with Gasteiger partial charge in [-0.15, -0.1) is 5.10 Å². The van der Waals surface area contributed by atoms with E-state index < -0.39 is 5.82 Å². The maximum absolute atomic E-state index is 14.3. The first-order valence-corrected chi connectivity index (χ1v) is 9.64. The van der Waals surface area contributed by atoms with E-state index in [2.05, 4.69) is 46.8 Å². The van der Waals surface area contributed by atoms with E-state index in [-0.39, 0.29) is 17.8 Å². The topological polar surface area (TPSA) is 75.9 Å². The highest BCUT2D eigenvalue weighted by Gasteiger charge is 2.32. The molecule has 0 bridgehead atoms. The number of nitrogens with zero attached hydrogens (tertiary/aromatic N) is 5. The molecule has 1 aliphatic rings. The third kappa shape index (κ3) is 3.57. The second kappa shape index (κ2) is 7.62. The van der Waals surface area contributed by atoms with Crippen LogP contribution in [-0.4, -0.2) is 37.7 Å². The van der Waals surface area contributed by atoms with Gasteiger partial charge in [-0.25, -0.2) is 9.18 Å². The molecule has 1 atom stereocenters. The minimum absolute atomic E-state index is 0.0397. The maximum atomic E-state index is 14.3. The van der Waals surface area contributed by atoms with Crippen LogP contribution in [0.25, 0.3) is 5.69 Å². The lowest BCUT2D eigenvalue weighted by Crippen LogP contribution is -2.35. The van der Waals surface area contributed by atoms with Crippen LogP contribution in [0.4, 0.5) is 14.9 Å². The number of aryl methyl sites for hydroxylation is 3. The molecule has 1 saturated heterocycles. The van der Waals surface area contributed by atoms with Crippen molar-refractivity contribution in [1.29, 1.82) is 0 Å². The number of anilines is 1. The smallest absolute Gasteiger partial charge is 0.317 e. The minimum atomic E-state index is -0.465. The first-order chi connectivity index (χ1) is 14.0. The van der Waals surface area contributed by atoms with Gasteiger partial charge in [-0.3, -0.25) is 0 Å². The van der Waals surface area contributed by atoms with Crippen molar-refractivity contribution in [3.63, 3.8) is 0 Å². The van der Waals surface area contributed by atoms with Crippen molar-refractivity contribution in [2.24, 2.45) is 0 Å². The van der Waals surface area contributed by atoms with Gasteiger partial charge in [0.2, 0.25) is 0 Å². The second-order valence-electron chi connectivity index (χ2n) is 7.39. The summed E-state index contributed by atoms with van der Waals surface area (Å²) >= 11 is 0. The van der Waals surface area contributed by atoms with Crippen molar-refractivity contribution in [3.8, 4) is 5.69 Å². The third-order valence-corrected chi connectivity index (χ3v) is 5.44. The summed E-state index contributed by atoms with van der Waals surface area (Å²) in [6, 6.07) is 10.4. The number of nitrogens with one attached hydrogen (secondary N) is 1. The molecular formula is C21H23FN6O. The molecule has 0 spiro atoms. The van der Waals surface area contributed by atoms with Gasteiger partial charge in [-0.2, -0.15) is 4.68 Å². The Kier molecular flexibility index (Phi) is 5.00. The van der Waals surface area contributed by atoms with E-state index in [1.165, 1.54) is 27.4 Å². The van der Waals surface area contributed by atoms with Crippen LogP contribution < -0.4 is 5.32 Å². The molecule has 2 amide bonds. The number of amides is 2. The number of urea groups is 1. The number of benzene rings is 2. The fourth-order valence-corrected chi connectivity index (χ4v) is 4.07. The Morgan fingerprint density at radius 1 is 1.17 bits per heavy atom. The molecule has 1 unspecified atom stereocenters. The highest BCUT2D eigenvalue weighted by atomic mass is 19.1. The Labute approximate surface area is 168 Å². The van der Waals surface area contributed by atoms with Gasteiger partial charge in [-0.1, -0.05) is 18.2 Å². The van der Waals surface area contributed by atoms with Crippen molar-refractivity contribution < 1.29 is 9.18 Å². The standard InChI is InChI=1S/C21H23FN6O/c1-13-6-4-7-14(2)20(13)18-8-5-11-27(18)21(29)23-16-9-10-17(22)19(12-16)28-15(3)24-25-26-28/h4,6-7,9-10,12,18H,5,8,11H2,1-3H3,(H,23,29). The van der Waals surface area contributed by atoms with Gasteiger partial charge in [0.05, 0.1) is 6.04 Å². The zero-order chi connectivity index (χ0) is 20.5. The summed E-state index contributed by atoms with van der Waals surface area (Å²) in [7, 11) is 0. The molecule has 150 valence electrons. The molecule has 2 aromatic carbocycles. The Hall–Kier alpha value is -3.29. The van der Waals surface area contributed by atoms with E-state index in [1.807, 2.05) is 11.0 Å². The van der Waals surface area contributed by atoms with E-state index in [0.717, 1.165) is 12.8 Å². The van der Waals surface area contributed by atoms with Crippen LogP contribution in [0.15, 0.2) is 36.4 Å². The third-order valence-electron chi connectivity index (χ3n) is 5.44. The molecule has 2 heterocycles. The van der Waals surface area contributed by atoms with Crippen LogP contribution in [0.5, 0.6) is 0 Å². The van der Waals surface area contributed by atoms with E-state index in [0.29, 0.717) is 18.1 Å². The van der Waals surface area contributed by atoms with Crippen LogP contribution in [0.3, 0.4) is 0 Å². The Balaban J connectivity index is 1.59. The molecule has 1 N–H and O–H groups in total. The zero-order valence-corrected chi connectivity index (χ0v) is 16.7. The van der Waals surface area contributed by atoms with Crippen molar-refractivity contribution in [2.45, 2.75) is 39.7 Å². The lowest BCUT2D eigenvalue weighted by Gasteiger charge is -2.28. The molecule has 4 rings (SSSR count). The number of aromatic nitrogens is 4. The van der Waals surface area contributed by atoms with Crippen LogP contribution in [-0.2, 0) is 0 Å². The van der Waals surface area contributed by atoms with Gasteiger partial charge in [0.15, 0.2) is 5.82 Å². The predicted molar refractivity (Wildman–Crippen MR) is 107 cm³/mol. The molecule has 0 aliphatic carbocycles. The summed E-state index contributed by atoms with van der Waals surface area (Å²) in [6.45, 7) is 6.53. The summed E-state index contributed by atoms with van der Waals surface area (Å²) in [5.74, 6) is -0.00463.